The van der Waals surface area contributed by atoms with Crippen molar-refractivity contribution < 1.29 is 37.9 Å². The number of carbonyl (C=O) groups is 1. The number of rotatable bonds is 9. The largest absolute Gasteiger partial charge is 0.756 e. The van der Waals surface area contributed by atoms with Crippen LogP contribution in [0.3, 0.4) is 0 Å². The van der Waals surface area contributed by atoms with E-state index in [4.69, 9.17) is 24.1 Å². The van der Waals surface area contributed by atoms with Crippen LogP contribution in [0.5, 0.6) is 5.75 Å². The van der Waals surface area contributed by atoms with Crippen LogP contribution < -0.4 is 20.9 Å². The van der Waals surface area contributed by atoms with Gasteiger partial charge in [0.25, 0.3) is 13.4 Å². The number of ether oxygens (including phenoxy) is 2. The molecule has 2 heterocycles. The number of aliphatic hydroxyl groups is 1. The molecule has 1 aromatic carbocycles. The average molecular weight is 552 g/mol. The molecule has 1 saturated heterocycles. The number of aryl methyl sites for hydroxylation is 1. The topological polar surface area (TPSA) is 218 Å². The van der Waals surface area contributed by atoms with E-state index in [2.05, 4.69) is 15.0 Å². The zero-order valence-corrected chi connectivity index (χ0v) is 21.9. The second-order valence-electron chi connectivity index (χ2n) is 9.54. The molecule has 206 valence electrons. The third kappa shape index (κ3) is 7.39. The highest BCUT2D eigenvalue weighted by atomic mass is 31.2. The lowest BCUT2D eigenvalue weighted by Gasteiger charge is -2.29. The number of hydrogen-bond donors (Lipinski definition) is 2. The van der Waals surface area contributed by atoms with E-state index in [1.807, 2.05) is 0 Å². The Bertz CT molecular complexity index is 1380. The number of benzene rings is 1. The summed E-state index contributed by atoms with van der Waals surface area (Å²) in [6.45, 7) is 6.11. The summed E-state index contributed by atoms with van der Waals surface area (Å²) in [7, 11) is -5.10. The highest BCUT2D eigenvalue weighted by Gasteiger charge is 2.42. The molecule has 2 aromatic rings. The lowest BCUT2D eigenvalue weighted by atomic mass is 9.97. The fourth-order valence-electron chi connectivity index (χ4n) is 3.37. The number of aliphatic hydroxyl groups excluding tert-OH is 1. The van der Waals surface area contributed by atoms with Gasteiger partial charge in [-0.2, -0.15) is 0 Å². The van der Waals surface area contributed by atoms with Crippen LogP contribution in [0.2, 0.25) is 0 Å². The number of carbonyl (C=O) groups excluding carboxylic acids is 1. The molecule has 0 radical (unpaired) electrons. The van der Waals surface area contributed by atoms with Crippen molar-refractivity contribution in [3.8, 4) is 5.75 Å². The van der Waals surface area contributed by atoms with Gasteiger partial charge in [0.2, 0.25) is 0 Å². The van der Waals surface area contributed by atoms with Gasteiger partial charge in [-0.1, -0.05) is 17.2 Å². The summed E-state index contributed by atoms with van der Waals surface area (Å²) in [6.07, 6.45) is -3.59. The van der Waals surface area contributed by atoms with Crippen molar-refractivity contribution in [2.45, 2.75) is 65.4 Å². The fraction of sp³-hybridized carbons (Fsp3) is 0.500. The lowest BCUT2D eigenvalue weighted by molar-refractivity contribution is -0.252. The van der Waals surface area contributed by atoms with Gasteiger partial charge in [0.05, 0.1) is 18.1 Å². The van der Waals surface area contributed by atoms with Crippen LogP contribution in [0.15, 0.2) is 45.2 Å². The Balaban J connectivity index is 1.63. The number of H-pyrrole nitrogens is 1. The molecule has 2 N–H and O–H groups in total. The van der Waals surface area contributed by atoms with Crippen molar-refractivity contribution in [2.75, 3.05) is 0 Å². The Kier molecular flexibility index (Phi) is 8.95. The highest BCUT2D eigenvalue weighted by molar-refractivity contribution is 7.45. The minimum absolute atomic E-state index is 0.114. The first-order chi connectivity index (χ1) is 17.7. The first-order valence-electron chi connectivity index (χ1n) is 11.3. The number of nitrogens with one attached hydrogen (secondary N) is 1. The average Bonchev–Trinajstić information content (AvgIpc) is 3.24. The van der Waals surface area contributed by atoms with E-state index in [0.717, 1.165) is 4.57 Å². The molecule has 0 spiro atoms. The second-order valence-corrected chi connectivity index (χ2v) is 10.9. The minimum atomic E-state index is -5.10. The SMILES string of the molecule is Cc1cn([C@H]2CC(N=[N+]=[N-])[C@@H](C(O)OP(=O)([O-])OCc3ccc(OC(=O)C(C)(C)C)cc3)O2)c(=O)[nH]c1=O. The van der Waals surface area contributed by atoms with Gasteiger partial charge in [-0.05, 0) is 50.9 Å². The molecule has 0 saturated carbocycles. The third-order valence-corrected chi connectivity index (χ3v) is 6.37. The number of phosphoric acid groups is 1. The van der Waals surface area contributed by atoms with Gasteiger partial charge in [-0.3, -0.25) is 28.2 Å². The van der Waals surface area contributed by atoms with Crippen LogP contribution in [0, 0.1) is 12.3 Å². The number of nitrogens with zero attached hydrogens (tertiary/aromatic N) is 4. The Morgan fingerprint density at radius 1 is 1.37 bits per heavy atom. The van der Waals surface area contributed by atoms with Crippen molar-refractivity contribution in [3.63, 3.8) is 0 Å². The van der Waals surface area contributed by atoms with Gasteiger partial charge < -0.3 is 24.0 Å². The van der Waals surface area contributed by atoms with Crippen molar-refractivity contribution in [2.24, 2.45) is 10.5 Å². The summed E-state index contributed by atoms with van der Waals surface area (Å²) in [5.41, 5.74) is 7.35. The van der Waals surface area contributed by atoms with Crippen molar-refractivity contribution >= 4 is 13.8 Å². The maximum atomic E-state index is 12.3. The molecular weight excluding hydrogens is 525 g/mol. The predicted octanol–water partition coefficient (Wildman–Crippen LogP) is 1.78. The smallest absolute Gasteiger partial charge is 0.330 e. The molecule has 3 unspecified atom stereocenters. The Hall–Kier alpha value is -3.29. The molecule has 0 aliphatic carbocycles. The Labute approximate surface area is 216 Å². The maximum Gasteiger partial charge on any atom is 0.330 e. The van der Waals surface area contributed by atoms with E-state index in [1.54, 1.807) is 20.8 Å². The molecule has 1 aliphatic heterocycles. The molecular formula is C22H27N5O10P-. The van der Waals surface area contributed by atoms with Gasteiger partial charge in [0.1, 0.15) is 18.1 Å². The van der Waals surface area contributed by atoms with Crippen molar-refractivity contribution in [1.29, 1.82) is 0 Å². The zero-order valence-electron chi connectivity index (χ0n) is 21.0. The summed E-state index contributed by atoms with van der Waals surface area (Å²) < 4.78 is 33.7. The van der Waals surface area contributed by atoms with Crippen LogP contribution >= 0.6 is 7.82 Å². The molecule has 1 fully saturated rings. The predicted molar refractivity (Wildman–Crippen MR) is 129 cm³/mol. The van der Waals surface area contributed by atoms with Gasteiger partial charge in [-0.15, -0.1) is 0 Å². The normalized spacial score (nSPS) is 21.8. The van der Waals surface area contributed by atoms with E-state index < -0.39 is 61.7 Å². The van der Waals surface area contributed by atoms with Crippen molar-refractivity contribution in [3.05, 3.63) is 72.9 Å². The molecule has 1 aromatic heterocycles. The van der Waals surface area contributed by atoms with E-state index in [0.29, 0.717) is 5.56 Å². The number of esters is 1. The number of azide groups is 1. The molecule has 1 aliphatic rings. The zero-order chi connectivity index (χ0) is 28.3. The first kappa shape index (κ1) is 29.3. The van der Waals surface area contributed by atoms with Gasteiger partial charge in [-0.25, -0.2) is 4.79 Å². The molecule has 5 atom stereocenters. The number of aromatic nitrogens is 2. The summed E-state index contributed by atoms with van der Waals surface area (Å²) >= 11 is 0. The van der Waals surface area contributed by atoms with Crippen molar-refractivity contribution in [1.82, 2.24) is 9.55 Å². The van der Waals surface area contributed by atoms with Crippen LogP contribution in [0.4, 0.5) is 0 Å². The number of aromatic amines is 1. The molecule has 15 nitrogen and oxygen atoms in total. The van der Waals surface area contributed by atoms with Crippen LogP contribution in [-0.2, 0) is 29.8 Å². The second kappa shape index (κ2) is 11.6. The quantitative estimate of drug-likeness (QED) is 0.0873. The standard InChI is InChI=1S/C22H28N5O10P/c1-12-10-27(21(31)24-18(12)28)16-9-15(25-26-23)17(36-16)19(29)37-38(32,33)34-11-13-5-7-14(8-6-13)35-20(30)22(2,3)4/h5-8,10,15-17,19,29H,9,11H2,1-4H3,(H,32,33)(H,24,28,31)/p-1/t15?,16-,17+,19?/m1/s1. The number of hydrogen-bond acceptors (Lipinski definition) is 11. The van der Waals surface area contributed by atoms with E-state index in [9.17, 15) is 28.9 Å². The summed E-state index contributed by atoms with van der Waals surface area (Å²) in [4.78, 5) is 52.9. The first-order valence-corrected chi connectivity index (χ1v) is 12.8. The monoisotopic (exact) mass is 552 g/mol. The molecule has 0 amide bonds. The van der Waals surface area contributed by atoms with Crippen LogP contribution in [-0.4, -0.2) is 39.1 Å². The van der Waals surface area contributed by atoms with E-state index in [1.165, 1.54) is 37.4 Å². The van der Waals surface area contributed by atoms with Crippen LogP contribution in [0.1, 0.15) is 44.5 Å². The molecule has 3 rings (SSSR count). The fourth-order valence-corrected chi connectivity index (χ4v) is 4.13. The molecule has 16 heteroatoms. The van der Waals surface area contributed by atoms with E-state index >= 15 is 0 Å². The van der Waals surface area contributed by atoms with E-state index in [-0.39, 0.29) is 17.7 Å². The minimum Gasteiger partial charge on any atom is -0.756 e. The Morgan fingerprint density at radius 2 is 2.03 bits per heavy atom. The maximum absolute atomic E-state index is 12.3. The van der Waals surface area contributed by atoms with Gasteiger partial charge in [0, 0.05) is 23.1 Å². The number of phosphoric ester groups is 1. The lowest BCUT2D eigenvalue weighted by Crippen LogP contribution is -2.37. The third-order valence-electron chi connectivity index (χ3n) is 5.45. The summed E-state index contributed by atoms with van der Waals surface area (Å²) in [5, 5.41) is 13.9. The molecule has 38 heavy (non-hydrogen) atoms. The van der Waals surface area contributed by atoms with Gasteiger partial charge >= 0.3 is 11.7 Å². The van der Waals surface area contributed by atoms with Crippen LogP contribution in [0.25, 0.3) is 10.4 Å². The van der Waals surface area contributed by atoms with Gasteiger partial charge in [0.15, 0.2) is 6.29 Å². The summed E-state index contributed by atoms with van der Waals surface area (Å²) in [6, 6.07) is 4.78. The highest BCUT2D eigenvalue weighted by Crippen LogP contribution is 2.43. The Morgan fingerprint density at radius 3 is 2.63 bits per heavy atom. The molecule has 0 bridgehead atoms. The summed E-state index contributed by atoms with van der Waals surface area (Å²) in [5.74, 6) is -0.177.